The summed E-state index contributed by atoms with van der Waals surface area (Å²) < 4.78 is 10.7. The minimum absolute atomic E-state index is 0.364. The summed E-state index contributed by atoms with van der Waals surface area (Å²) in [4.78, 5) is 0. The Morgan fingerprint density at radius 1 is 1.18 bits per heavy atom. The Balaban J connectivity index is 1.57. The highest BCUT2D eigenvalue weighted by molar-refractivity contribution is 5.44. The summed E-state index contributed by atoms with van der Waals surface area (Å²) in [5, 5.41) is 3.59. The number of piperidine rings is 1. The molecule has 0 aromatic heterocycles. The third kappa shape index (κ3) is 2.55. The summed E-state index contributed by atoms with van der Waals surface area (Å²) in [5.41, 5.74) is 1.35. The Labute approximate surface area is 102 Å². The Morgan fingerprint density at radius 2 is 2.12 bits per heavy atom. The lowest BCUT2D eigenvalue weighted by Gasteiger charge is -2.23. The van der Waals surface area contributed by atoms with Gasteiger partial charge in [0.25, 0.3) is 0 Å². The fraction of sp³-hybridized carbons (Fsp3) is 0.571. The summed E-state index contributed by atoms with van der Waals surface area (Å²) in [7, 11) is 0. The highest BCUT2D eigenvalue weighted by atomic mass is 16.7. The highest BCUT2D eigenvalue weighted by Crippen LogP contribution is 2.32. The normalized spacial score (nSPS) is 22.7. The molecular weight excluding hydrogens is 214 g/mol. The topological polar surface area (TPSA) is 30.5 Å². The van der Waals surface area contributed by atoms with Crippen molar-refractivity contribution in [3.63, 3.8) is 0 Å². The summed E-state index contributed by atoms with van der Waals surface area (Å²) in [5.74, 6) is 1.78. The van der Waals surface area contributed by atoms with Gasteiger partial charge in [-0.25, -0.2) is 0 Å². The van der Waals surface area contributed by atoms with Crippen LogP contribution in [-0.4, -0.2) is 19.4 Å². The van der Waals surface area contributed by atoms with Crippen molar-refractivity contribution in [2.24, 2.45) is 0 Å². The lowest BCUT2D eigenvalue weighted by atomic mass is 9.98. The molecule has 3 heteroatoms. The van der Waals surface area contributed by atoms with Crippen LogP contribution in [0.2, 0.25) is 0 Å². The van der Waals surface area contributed by atoms with E-state index in [4.69, 9.17) is 9.47 Å². The maximum atomic E-state index is 5.39. The summed E-state index contributed by atoms with van der Waals surface area (Å²) in [6, 6.07) is 6.99. The average Bonchev–Trinajstić information content (AvgIpc) is 2.85. The van der Waals surface area contributed by atoms with Gasteiger partial charge in [0.2, 0.25) is 6.79 Å². The molecule has 1 aromatic carbocycles. The Hall–Kier alpha value is -1.22. The molecule has 1 saturated heterocycles. The van der Waals surface area contributed by atoms with Crippen molar-refractivity contribution in [3.05, 3.63) is 23.8 Å². The van der Waals surface area contributed by atoms with Crippen LogP contribution in [-0.2, 0) is 6.42 Å². The lowest BCUT2D eigenvalue weighted by molar-refractivity contribution is 0.174. The molecule has 1 unspecified atom stereocenters. The zero-order chi connectivity index (χ0) is 11.5. The average molecular weight is 233 g/mol. The number of hydrogen-bond donors (Lipinski definition) is 1. The summed E-state index contributed by atoms with van der Waals surface area (Å²) in [6.07, 6.45) is 6.37. The van der Waals surface area contributed by atoms with E-state index in [0.717, 1.165) is 17.9 Å². The fourth-order valence-electron chi connectivity index (χ4n) is 2.61. The molecule has 3 nitrogen and oxygen atoms in total. The Kier molecular flexibility index (Phi) is 3.18. The summed E-state index contributed by atoms with van der Waals surface area (Å²) >= 11 is 0. The zero-order valence-electron chi connectivity index (χ0n) is 10.1. The quantitative estimate of drug-likeness (QED) is 0.870. The van der Waals surface area contributed by atoms with Gasteiger partial charge in [-0.05, 0) is 49.9 Å². The van der Waals surface area contributed by atoms with Gasteiger partial charge in [0.1, 0.15) is 0 Å². The molecule has 17 heavy (non-hydrogen) atoms. The Morgan fingerprint density at radius 3 is 3.00 bits per heavy atom. The third-order valence-electron chi connectivity index (χ3n) is 3.63. The molecule has 2 heterocycles. The van der Waals surface area contributed by atoms with E-state index in [0.29, 0.717) is 12.8 Å². The SMILES string of the molecule is c1cc2c(cc1CCC1CCCCN1)OCO2. The highest BCUT2D eigenvalue weighted by Gasteiger charge is 2.15. The molecule has 0 aliphatic carbocycles. The first kappa shape index (κ1) is 10.9. The van der Waals surface area contributed by atoms with Gasteiger partial charge >= 0.3 is 0 Å². The van der Waals surface area contributed by atoms with Gasteiger partial charge < -0.3 is 14.8 Å². The second-order valence-electron chi connectivity index (χ2n) is 4.87. The molecule has 3 rings (SSSR count). The fourth-order valence-corrected chi connectivity index (χ4v) is 2.61. The number of aryl methyl sites for hydroxylation is 1. The van der Waals surface area contributed by atoms with E-state index in [1.807, 2.05) is 6.07 Å². The number of nitrogens with one attached hydrogen (secondary N) is 1. The van der Waals surface area contributed by atoms with Gasteiger partial charge in [-0.2, -0.15) is 0 Å². The third-order valence-corrected chi connectivity index (χ3v) is 3.63. The first-order valence-corrected chi connectivity index (χ1v) is 6.54. The standard InChI is InChI=1S/C14H19NO2/c1-2-8-15-12(3-1)6-4-11-5-7-13-14(9-11)17-10-16-13/h5,7,9,12,15H,1-4,6,8,10H2. The van der Waals surface area contributed by atoms with Gasteiger partial charge in [0, 0.05) is 6.04 Å². The number of fused-ring (bicyclic) bond motifs is 1. The molecule has 0 saturated carbocycles. The van der Waals surface area contributed by atoms with E-state index in [1.54, 1.807) is 0 Å². The van der Waals surface area contributed by atoms with E-state index < -0.39 is 0 Å². The molecule has 0 spiro atoms. The van der Waals surface area contributed by atoms with Crippen LogP contribution < -0.4 is 14.8 Å². The van der Waals surface area contributed by atoms with Gasteiger partial charge in [-0.1, -0.05) is 12.5 Å². The number of rotatable bonds is 3. The van der Waals surface area contributed by atoms with E-state index in [2.05, 4.69) is 17.4 Å². The van der Waals surface area contributed by atoms with Crippen LogP contribution in [0.5, 0.6) is 11.5 Å². The zero-order valence-corrected chi connectivity index (χ0v) is 10.1. The molecule has 0 bridgehead atoms. The van der Waals surface area contributed by atoms with Crippen LogP contribution in [0.15, 0.2) is 18.2 Å². The molecule has 1 N–H and O–H groups in total. The van der Waals surface area contributed by atoms with Crippen LogP contribution in [0.3, 0.4) is 0 Å². The van der Waals surface area contributed by atoms with E-state index >= 15 is 0 Å². The molecule has 1 aromatic rings. The molecule has 1 fully saturated rings. The molecule has 0 radical (unpaired) electrons. The smallest absolute Gasteiger partial charge is 0.231 e. The lowest BCUT2D eigenvalue weighted by Crippen LogP contribution is -2.34. The second kappa shape index (κ2) is 4.96. The second-order valence-corrected chi connectivity index (χ2v) is 4.87. The predicted molar refractivity (Wildman–Crippen MR) is 66.5 cm³/mol. The van der Waals surface area contributed by atoms with Crippen LogP contribution in [0, 0.1) is 0 Å². The molecule has 1 atom stereocenters. The predicted octanol–water partition coefficient (Wildman–Crippen LogP) is 2.49. The van der Waals surface area contributed by atoms with Crippen molar-refractivity contribution in [2.75, 3.05) is 13.3 Å². The van der Waals surface area contributed by atoms with Crippen molar-refractivity contribution in [3.8, 4) is 11.5 Å². The van der Waals surface area contributed by atoms with Crippen molar-refractivity contribution in [1.29, 1.82) is 0 Å². The molecular formula is C14H19NO2. The van der Waals surface area contributed by atoms with E-state index in [-0.39, 0.29) is 0 Å². The minimum Gasteiger partial charge on any atom is -0.454 e. The van der Waals surface area contributed by atoms with E-state index in [9.17, 15) is 0 Å². The number of ether oxygens (including phenoxy) is 2. The number of hydrogen-bond acceptors (Lipinski definition) is 3. The van der Waals surface area contributed by atoms with Crippen molar-refractivity contribution in [1.82, 2.24) is 5.32 Å². The van der Waals surface area contributed by atoms with Crippen LogP contribution in [0.4, 0.5) is 0 Å². The van der Waals surface area contributed by atoms with Gasteiger partial charge in [0.15, 0.2) is 11.5 Å². The van der Waals surface area contributed by atoms with Gasteiger partial charge in [-0.15, -0.1) is 0 Å². The van der Waals surface area contributed by atoms with Crippen molar-refractivity contribution < 1.29 is 9.47 Å². The van der Waals surface area contributed by atoms with Crippen LogP contribution >= 0.6 is 0 Å². The van der Waals surface area contributed by atoms with E-state index in [1.165, 1.54) is 37.8 Å². The molecule has 2 aliphatic rings. The minimum atomic E-state index is 0.364. The van der Waals surface area contributed by atoms with Crippen molar-refractivity contribution >= 4 is 0 Å². The first-order valence-electron chi connectivity index (χ1n) is 6.54. The van der Waals surface area contributed by atoms with Crippen molar-refractivity contribution in [2.45, 2.75) is 38.1 Å². The molecule has 92 valence electrons. The van der Waals surface area contributed by atoms with Crippen LogP contribution in [0.25, 0.3) is 0 Å². The van der Waals surface area contributed by atoms with Gasteiger partial charge in [0.05, 0.1) is 0 Å². The summed E-state index contributed by atoms with van der Waals surface area (Å²) in [6.45, 7) is 1.55. The molecule has 2 aliphatic heterocycles. The largest absolute Gasteiger partial charge is 0.454 e. The number of benzene rings is 1. The Bertz CT molecular complexity index is 386. The first-order chi connectivity index (χ1) is 8.42. The maximum Gasteiger partial charge on any atom is 0.231 e. The monoisotopic (exact) mass is 233 g/mol. The molecule has 0 amide bonds. The van der Waals surface area contributed by atoms with Gasteiger partial charge in [-0.3, -0.25) is 0 Å². The van der Waals surface area contributed by atoms with Crippen LogP contribution in [0.1, 0.15) is 31.2 Å². The maximum absolute atomic E-state index is 5.39.